The van der Waals surface area contributed by atoms with E-state index in [0.717, 1.165) is 6.07 Å². The predicted molar refractivity (Wildman–Crippen MR) is 97.5 cm³/mol. The normalized spacial score (nSPS) is 9.96. The number of hydrogen-bond acceptors (Lipinski definition) is 4. The molecular formula is C15H14Cl3N3O3. The van der Waals surface area contributed by atoms with E-state index >= 15 is 0 Å². The number of rotatable bonds is 5. The van der Waals surface area contributed by atoms with Crippen LogP contribution in [0.5, 0.6) is 0 Å². The van der Waals surface area contributed by atoms with Crippen LogP contribution < -0.4 is 10.6 Å². The molecule has 0 unspecified atom stereocenters. The molecule has 0 aliphatic heterocycles. The van der Waals surface area contributed by atoms with Crippen LogP contribution in [0, 0.1) is 10.1 Å². The molecule has 0 bridgehead atoms. The first kappa shape index (κ1) is 20.2. The lowest BCUT2D eigenvalue weighted by atomic mass is 10.1. The number of halogens is 3. The van der Waals surface area contributed by atoms with Gasteiger partial charge in [-0.15, -0.1) is 12.4 Å². The fourth-order valence-corrected chi connectivity index (χ4v) is 2.36. The van der Waals surface area contributed by atoms with E-state index in [1.54, 1.807) is 24.3 Å². The molecule has 0 radical (unpaired) electrons. The summed E-state index contributed by atoms with van der Waals surface area (Å²) < 4.78 is 0. The number of benzene rings is 2. The quantitative estimate of drug-likeness (QED) is 0.618. The van der Waals surface area contributed by atoms with Crippen LogP contribution in [0.25, 0.3) is 0 Å². The third-order valence-electron chi connectivity index (χ3n) is 3.13. The van der Waals surface area contributed by atoms with Gasteiger partial charge in [-0.1, -0.05) is 23.2 Å². The van der Waals surface area contributed by atoms with Crippen molar-refractivity contribution in [3.05, 3.63) is 68.2 Å². The average molecular weight is 391 g/mol. The minimum atomic E-state index is -0.581. The van der Waals surface area contributed by atoms with Gasteiger partial charge in [0.15, 0.2) is 0 Å². The van der Waals surface area contributed by atoms with Gasteiger partial charge >= 0.3 is 0 Å². The van der Waals surface area contributed by atoms with Crippen molar-refractivity contribution in [2.45, 2.75) is 0 Å². The van der Waals surface area contributed by atoms with Crippen molar-refractivity contribution in [3.63, 3.8) is 0 Å². The molecule has 24 heavy (non-hydrogen) atoms. The van der Waals surface area contributed by atoms with Crippen molar-refractivity contribution in [1.82, 2.24) is 0 Å². The van der Waals surface area contributed by atoms with Gasteiger partial charge in [0.25, 0.3) is 11.6 Å². The van der Waals surface area contributed by atoms with Crippen LogP contribution in [0.3, 0.4) is 0 Å². The molecule has 2 aromatic rings. The number of anilines is 1. The molecule has 0 spiro atoms. The van der Waals surface area contributed by atoms with Gasteiger partial charge in [0.05, 0.1) is 15.5 Å². The summed E-state index contributed by atoms with van der Waals surface area (Å²) in [5.41, 5.74) is 5.98. The molecule has 6 nitrogen and oxygen atoms in total. The summed E-state index contributed by atoms with van der Waals surface area (Å²) in [5.74, 6) is -0.466. The molecule has 0 saturated heterocycles. The van der Waals surface area contributed by atoms with Crippen LogP contribution >= 0.6 is 35.6 Å². The van der Waals surface area contributed by atoms with Gasteiger partial charge in [0, 0.05) is 35.9 Å². The van der Waals surface area contributed by atoms with Gasteiger partial charge in [-0.05, 0) is 30.3 Å². The number of hydrogen-bond donors (Lipinski definition) is 1. The average Bonchev–Trinajstić information content (AvgIpc) is 2.53. The van der Waals surface area contributed by atoms with Crippen molar-refractivity contribution >= 4 is 52.9 Å². The minimum absolute atomic E-state index is 0. The molecule has 2 aromatic carbocycles. The monoisotopic (exact) mass is 389 g/mol. The molecule has 0 fully saturated rings. The summed E-state index contributed by atoms with van der Waals surface area (Å²) in [4.78, 5) is 24.5. The third kappa shape index (κ3) is 4.58. The van der Waals surface area contributed by atoms with Gasteiger partial charge in [0.2, 0.25) is 0 Å². The highest BCUT2D eigenvalue weighted by molar-refractivity contribution is 6.34. The van der Waals surface area contributed by atoms with Crippen molar-refractivity contribution in [1.29, 1.82) is 0 Å². The topological polar surface area (TPSA) is 89.5 Å². The second kappa shape index (κ2) is 8.84. The summed E-state index contributed by atoms with van der Waals surface area (Å²) >= 11 is 11.9. The summed E-state index contributed by atoms with van der Waals surface area (Å²) in [6.07, 6.45) is 0. The first-order valence-electron chi connectivity index (χ1n) is 6.65. The first-order chi connectivity index (χ1) is 10.9. The van der Waals surface area contributed by atoms with Gasteiger partial charge in [-0.3, -0.25) is 14.9 Å². The second-order valence-electron chi connectivity index (χ2n) is 4.64. The molecule has 128 valence electrons. The second-order valence-corrected chi connectivity index (χ2v) is 5.49. The maximum atomic E-state index is 12.7. The fourth-order valence-electron chi connectivity index (χ4n) is 2.03. The van der Waals surface area contributed by atoms with Crippen LogP contribution in [0.1, 0.15) is 10.4 Å². The van der Waals surface area contributed by atoms with E-state index in [1.807, 2.05) is 0 Å². The number of carbonyl (C=O) groups is 1. The summed E-state index contributed by atoms with van der Waals surface area (Å²) in [7, 11) is 0. The molecular weight excluding hydrogens is 377 g/mol. The Kier molecular flexibility index (Phi) is 7.44. The lowest BCUT2D eigenvalue weighted by molar-refractivity contribution is -0.384. The van der Waals surface area contributed by atoms with E-state index in [2.05, 4.69) is 0 Å². The highest BCUT2D eigenvalue weighted by Gasteiger charge is 2.22. The number of nitro benzene ring substituents is 1. The molecule has 0 saturated carbocycles. The lowest BCUT2D eigenvalue weighted by Crippen LogP contribution is -2.35. The number of amides is 1. The molecule has 0 aromatic heterocycles. The van der Waals surface area contributed by atoms with Crippen LogP contribution in [0.15, 0.2) is 42.5 Å². The number of nitrogens with two attached hydrogens (primary N) is 1. The zero-order valence-electron chi connectivity index (χ0n) is 12.3. The summed E-state index contributed by atoms with van der Waals surface area (Å²) in [5, 5.41) is 11.6. The highest BCUT2D eigenvalue weighted by atomic mass is 35.5. The first-order valence-corrected chi connectivity index (χ1v) is 7.41. The smallest absolute Gasteiger partial charge is 0.270 e. The van der Waals surface area contributed by atoms with Gasteiger partial charge in [-0.2, -0.15) is 0 Å². The zero-order chi connectivity index (χ0) is 17.0. The Labute approximate surface area is 154 Å². The summed E-state index contributed by atoms with van der Waals surface area (Å²) in [6, 6.07) is 10.3. The Balaban J connectivity index is 0.00000288. The van der Waals surface area contributed by atoms with E-state index in [1.165, 1.54) is 17.0 Å². The Morgan fingerprint density at radius 1 is 1.17 bits per heavy atom. The van der Waals surface area contributed by atoms with E-state index in [4.69, 9.17) is 28.9 Å². The van der Waals surface area contributed by atoms with Gasteiger partial charge < -0.3 is 10.6 Å². The molecule has 0 aliphatic rings. The molecule has 2 rings (SSSR count). The Morgan fingerprint density at radius 3 is 2.33 bits per heavy atom. The van der Waals surface area contributed by atoms with Crippen molar-refractivity contribution < 1.29 is 9.72 Å². The summed E-state index contributed by atoms with van der Waals surface area (Å²) in [6.45, 7) is 0.459. The van der Waals surface area contributed by atoms with E-state index in [-0.39, 0.29) is 41.8 Å². The highest BCUT2D eigenvalue weighted by Crippen LogP contribution is 2.26. The lowest BCUT2D eigenvalue weighted by Gasteiger charge is -2.22. The van der Waals surface area contributed by atoms with Crippen molar-refractivity contribution in [3.8, 4) is 0 Å². The van der Waals surface area contributed by atoms with E-state index in [9.17, 15) is 14.9 Å². The van der Waals surface area contributed by atoms with Crippen LogP contribution in [0.2, 0.25) is 10.0 Å². The van der Waals surface area contributed by atoms with Crippen LogP contribution in [-0.4, -0.2) is 23.9 Å². The van der Waals surface area contributed by atoms with Crippen molar-refractivity contribution in [2.24, 2.45) is 5.73 Å². The Hall–Kier alpha value is -1.86. The zero-order valence-corrected chi connectivity index (χ0v) is 14.6. The molecule has 0 atom stereocenters. The number of nitrogens with zero attached hydrogens (tertiary/aromatic N) is 2. The predicted octanol–water partition coefficient (Wildman–Crippen LogP) is 3.93. The fraction of sp³-hybridized carbons (Fsp3) is 0.133. The number of carbonyl (C=O) groups excluding carboxylic acids is 1. The minimum Gasteiger partial charge on any atom is -0.329 e. The maximum absolute atomic E-state index is 12.7. The Bertz CT molecular complexity index is 738. The largest absolute Gasteiger partial charge is 0.329 e. The van der Waals surface area contributed by atoms with Gasteiger partial charge in [-0.25, -0.2) is 0 Å². The number of non-ortho nitro benzene ring substituents is 1. The van der Waals surface area contributed by atoms with Gasteiger partial charge in [0.1, 0.15) is 0 Å². The van der Waals surface area contributed by atoms with E-state index in [0.29, 0.717) is 10.7 Å². The van der Waals surface area contributed by atoms with E-state index < -0.39 is 10.8 Å². The van der Waals surface area contributed by atoms with Crippen LogP contribution in [-0.2, 0) is 0 Å². The molecule has 0 aliphatic carbocycles. The standard InChI is InChI=1S/C15H13Cl2N3O3.ClH/c16-10-1-3-11(4-2-10)19(8-7-18)15(21)13-9-12(20(22)23)5-6-14(13)17;/h1-6,9H,7-8,18H2;1H. The maximum Gasteiger partial charge on any atom is 0.270 e. The molecule has 9 heteroatoms. The SMILES string of the molecule is Cl.NCCN(C(=O)c1cc([N+](=O)[O-])ccc1Cl)c1ccc(Cl)cc1. The molecule has 2 N–H and O–H groups in total. The molecule has 0 heterocycles. The van der Waals surface area contributed by atoms with Crippen molar-refractivity contribution in [2.75, 3.05) is 18.0 Å². The molecule has 1 amide bonds. The number of nitro groups is 1. The van der Waals surface area contributed by atoms with Crippen LogP contribution in [0.4, 0.5) is 11.4 Å². The Morgan fingerprint density at radius 2 is 1.79 bits per heavy atom. The third-order valence-corrected chi connectivity index (χ3v) is 3.71.